The minimum Gasteiger partial charge on any atom is -0.478 e. The predicted octanol–water partition coefficient (Wildman–Crippen LogP) is 5.11. The van der Waals surface area contributed by atoms with E-state index in [0.29, 0.717) is 33.1 Å². The van der Waals surface area contributed by atoms with Crippen LogP contribution >= 0.6 is 34.8 Å². The minimum atomic E-state index is 0.426. The molecule has 2 nitrogen and oxygen atoms in total. The lowest BCUT2D eigenvalue weighted by Crippen LogP contribution is -1.94. The van der Waals surface area contributed by atoms with Gasteiger partial charge in [-0.2, -0.15) is 0 Å². The van der Waals surface area contributed by atoms with Crippen LogP contribution in [0.5, 0.6) is 5.88 Å². The van der Waals surface area contributed by atoms with Crippen LogP contribution in [0.25, 0.3) is 11.1 Å². The predicted molar refractivity (Wildman–Crippen MR) is 75.9 cm³/mol. The fourth-order valence-corrected chi connectivity index (χ4v) is 2.30. The molecule has 1 aromatic carbocycles. The Morgan fingerprint density at radius 1 is 1.06 bits per heavy atom. The Morgan fingerprint density at radius 2 is 1.78 bits per heavy atom. The van der Waals surface area contributed by atoms with Crippen molar-refractivity contribution in [3.05, 3.63) is 45.5 Å². The summed E-state index contributed by atoms with van der Waals surface area (Å²) in [6.07, 6.45) is 1.66. The second kappa shape index (κ2) is 5.79. The molecular formula is C13H10Cl3NO. The van der Waals surface area contributed by atoms with Crippen molar-refractivity contribution in [1.82, 2.24) is 4.98 Å². The molecule has 0 saturated carbocycles. The third-order valence-electron chi connectivity index (χ3n) is 2.36. The fraction of sp³-hybridized carbons (Fsp3) is 0.154. The standard InChI is InChI=1S/C13H10Cl3NO/c1-2-18-11-6-3-8(7-17-11)12-9(14)4-5-10(15)13(12)16/h3-7H,2H2,1H3. The number of ether oxygens (including phenoxy) is 1. The van der Waals surface area contributed by atoms with Gasteiger partial charge in [-0.3, -0.25) is 0 Å². The average Bonchev–Trinajstić information content (AvgIpc) is 2.37. The lowest BCUT2D eigenvalue weighted by molar-refractivity contribution is 0.327. The van der Waals surface area contributed by atoms with Gasteiger partial charge in [0, 0.05) is 23.4 Å². The molecule has 0 aliphatic carbocycles. The zero-order valence-corrected chi connectivity index (χ0v) is 11.9. The second-order valence-electron chi connectivity index (χ2n) is 3.54. The highest BCUT2D eigenvalue weighted by molar-refractivity contribution is 6.46. The highest BCUT2D eigenvalue weighted by atomic mass is 35.5. The molecule has 0 spiro atoms. The summed E-state index contributed by atoms with van der Waals surface area (Å²) in [7, 11) is 0. The number of rotatable bonds is 3. The van der Waals surface area contributed by atoms with Gasteiger partial charge in [0.2, 0.25) is 5.88 Å². The number of pyridine rings is 1. The first kappa shape index (κ1) is 13.5. The van der Waals surface area contributed by atoms with Gasteiger partial charge in [-0.1, -0.05) is 34.8 Å². The van der Waals surface area contributed by atoms with Crippen molar-refractivity contribution >= 4 is 34.8 Å². The fourth-order valence-electron chi connectivity index (χ4n) is 1.55. The number of aromatic nitrogens is 1. The quantitative estimate of drug-likeness (QED) is 0.735. The third kappa shape index (κ3) is 2.72. The van der Waals surface area contributed by atoms with E-state index in [2.05, 4.69) is 4.98 Å². The Balaban J connectivity index is 2.45. The molecule has 2 rings (SSSR count). The smallest absolute Gasteiger partial charge is 0.213 e. The topological polar surface area (TPSA) is 22.1 Å². The lowest BCUT2D eigenvalue weighted by Gasteiger charge is -2.09. The van der Waals surface area contributed by atoms with Crippen molar-refractivity contribution in [3.63, 3.8) is 0 Å². The summed E-state index contributed by atoms with van der Waals surface area (Å²) in [5.41, 5.74) is 1.48. The Hall–Kier alpha value is -0.960. The summed E-state index contributed by atoms with van der Waals surface area (Å²) >= 11 is 18.3. The molecule has 0 amide bonds. The van der Waals surface area contributed by atoms with Crippen LogP contribution in [0, 0.1) is 0 Å². The zero-order valence-electron chi connectivity index (χ0n) is 9.58. The van der Waals surface area contributed by atoms with Gasteiger partial charge in [0.25, 0.3) is 0 Å². The molecule has 0 bridgehead atoms. The molecule has 1 aromatic heterocycles. The number of hydrogen-bond donors (Lipinski definition) is 0. The molecule has 0 aliphatic rings. The summed E-state index contributed by atoms with van der Waals surface area (Å²) in [5, 5.41) is 1.43. The van der Waals surface area contributed by atoms with E-state index in [-0.39, 0.29) is 0 Å². The summed E-state index contributed by atoms with van der Waals surface area (Å²) in [6.45, 7) is 2.48. The third-order valence-corrected chi connectivity index (χ3v) is 3.48. The van der Waals surface area contributed by atoms with Gasteiger partial charge in [-0.25, -0.2) is 4.98 Å². The van der Waals surface area contributed by atoms with Crippen molar-refractivity contribution in [2.45, 2.75) is 6.92 Å². The van der Waals surface area contributed by atoms with E-state index in [9.17, 15) is 0 Å². The minimum absolute atomic E-state index is 0.426. The van der Waals surface area contributed by atoms with Crippen LogP contribution in [0.2, 0.25) is 15.1 Å². The molecule has 0 fully saturated rings. The Labute approximate surface area is 120 Å². The maximum Gasteiger partial charge on any atom is 0.213 e. The van der Waals surface area contributed by atoms with Gasteiger partial charge in [0.05, 0.1) is 21.7 Å². The molecule has 18 heavy (non-hydrogen) atoms. The molecule has 2 aromatic rings. The second-order valence-corrected chi connectivity index (χ2v) is 4.73. The first-order valence-corrected chi connectivity index (χ1v) is 6.49. The van der Waals surface area contributed by atoms with Crippen molar-refractivity contribution in [3.8, 4) is 17.0 Å². The highest BCUT2D eigenvalue weighted by Gasteiger charge is 2.12. The number of halogens is 3. The molecule has 5 heteroatoms. The summed E-state index contributed by atoms with van der Waals surface area (Å²) in [4.78, 5) is 4.17. The maximum absolute atomic E-state index is 6.16. The summed E-state index contributed by atoms with van der Waals surface area (Å²) in [6, 6.07) is 6.99. The van der Waals surface area contributed by atoms with Gasteiger partial charge in [0.15, 0.2) is 0 Å². The SMILES string of the molecule is CCOc1ccc(-c2c(Cl)ccc(Cl)c2Cl)cn1. The van der Waals surface area contributed by atoms with E-state index < -0.39 is 0 Å². The van der Waals surface area contributed by atoms with Crippen LogP contribution in [0.15, 0.2) is 30.5 Å². The Kier molecular flexibility index (Phi) is 4.33. The molecular weight excluding hydrogens is 293 g/mol. The Morgan fingerprint density at radius 3 is 2.39 bits per heavy atom. The average molecular weight is 303 g/mol. The van der Waals surface area contributed by atoms with Gasteiger partial charge in [-0.15, -0.1) is 0 Å². The van der Waals surface area contributed by atoms with Crippen LogP contribution in [0.3, 0.4) is 0 Å². The first-order chi connectivity index (χ1) is 8.63. The van der Waals surface area contributed by atoms with Gasteiger partial charge in [0.1, 0.15) is 0 Å². The van der Waals surface area contributed by atoms with Crippen LogP contribution in [-0.4, -0.2) is 11.6 Å². The molecule has 0 atom stereocenters. The molecule has 0 radical (unpaired) electrons. The molecule has 0 unspecified atom stereocenters. The molecule has 0 N–H and O–H groups in total. The zero-order chi connectivity index (χ0) is 13.1. The van der Waals surface area contributed by atoms with Crippen LogP contribution in [-0.2, 0) is 0 Å². The molecule has 0 saturated heterocycles. The summed E-state index contributed by atoms with van der Waals surface area (Å²) in [5.74, 6) is 0.565. The maximum atomic E-state index is 6.16. The lowest BCUT2D eigenvalue weighted by atomic mass is 10.1. The van der Waals surface area contributed by atoms with E-state index in [1.165, 1.54) is 0 Å². The van der Waals surface area contributed by atoms with E-state index in [1.54, 1.807) is 24.4 Å². The van der Waals surface area contributed by atoms with Gasteiger partial charge in [-0.05, 0) is 25.1 Å². The van der Waals surface area contributed by atoms with Crippen LogP contribution in [0.4, 0.5) is 0 Å². The van der Waals surface area contributed by atoms with Crippen molar-refractivity contribution in [2.24, 2.45) is 0 Å². The monoisotopic (exact) mass is 301 g/mol. The van der Waals surface area contributed by atoms with Crippen LogP contribution in [0.1, 0.15) is 6.92 Å². The van der Waals surface area contributed by atoms with Crippen molar-refractivity contribution < 1.29 is 4.74 Å². The van der Waals surface area contributed by atoms with E-state index in [0.717, 1.165) is 5.56 Å². The van der Waals surface area contributed by atoms with Crippen molar-refractivity contribution in [1.29, 1.82) is 0 Å². The highest BCUT2D eigenvalue weighted by Crippen LogP contribution is 2.38. The normalized spacial score (nSPS) is 10.4. The van der Waals surface area contributed by atoms with E-state index in [1.807, 2.05) is 13.0 Å². The number of hydrogen-bond acceptors (Lipinski definition) is 2. The number of benzene rings is 1. The summed E-state index contributed by atoms with van der Waals surface area (Å²) < 4.78 is 5.28. The van der Waals surface area contributed by atoms with E-state index in [4.69, 9.17) is 39.5 Å². The van der Waals surface area contributed by atoms with E-state index >= 15 is 0 Å². The molecule has 94 valence electrons. The molecule has 1 heterocycles. The Bertz CT molecular complexity index is 555. The van der Waals surface area contributed by atoms with Crippen molar-refractivity contribution in [2.75, 3.05) is 6.61 Å². The largest absolute Gasteiger partial charge is 0.478 e. The van der Waals surface area contributed by atoms with Gasteiger partial charge < -0.3 is 4.74 Å². The molecule has 0 aliphatic heterocycles. The first-order valence-electron chi connectivity index (χ1n) is 5.36. The van der Waals surface area contributed by atoms with Gasteiger partial charge >= 0.3 is 0 Å². The number of nitrogens with zero attached hydrogens (tertiary/aromatic N) is 1. The van der Waals surface area contributed by atoms with Crippen LogP contribution < -0.4 is 4.74 Å².